The molecule has 2 aromatic rings. The lowest BCUT2D eigenvalue weighted by Crippen LogP contribution is -2.43. The van der Waals surface area contributed by atoms with Crippen LogP contribution in [0, 0.1) is 0 Å². The van der Waals surface area contributed by atoms with Crippen LogP contribution in [0.15, 0.2) is 60.7 Å². The van der Waals surface area contributed by atoms with Gasteiger partial charge in [-0.2, -0.15) is 0 Å². The lowest BCUT2D eigenvalue weighted by molar-refractivity contribution is -0.153. The molecule has 4 rings (SSSR count). The highest BCUT2D eigenvalue weighted by Gasteiger charge is 2.40. The van der Waals surface area contributed by atoms with Crippen LogP contribution in [0.5, 0.6) is 0 Å². The summed E-state index contributed by atoms with van der Waals surface area (Å²) in [6, 6.07) is 21.1. The topological polar surface area (TPSA) is 29.5 Å². The summed E-state index contributed by atoms with van der Waals surface area (Å²) in [5.41, 5.74) is 1.99. The van der Waals surface area contributed by atoms with E-state index in [9.17, 15) is 4.79 Å². The van der Waals surface area contributed by atoms with E-state index in [-0.39, 0.29) is 18.0 Å². The fourth-order valence-corrected chi connectivity index (χ4v) is 4.45. The van der Waals surface area contributed by atoms with Crippen LogP contribution in [-0.2, 0) is 9.53 Å². The van der Waals surface area contributed by atoms with Gasteiger partial charge in [-0.05, 0) is 43.9 Å². The van der Waals surface area contributed by atoms with Crippen LogP contribution < -0.4 is 0 Å². The highest BCUT2D eigenvalue weighted by Crippen LogP contribution is 2.36. The number of esters is 1. The Kier molecular flexibility index (Phi) is 4.58. The van der Waals surface area contributed by atoms with Crippen LogP contribution in [0.25, 0.3) is 0 Å². The molecule has 2 aromatic carbocycles. The monoisotopic (exact) mass is 335 g/mol. The number of benzene rings is 2. The molecule has 0 aromatic heterocycles. The predicted octanol–water partition coefficient (Wildman–Crippen LogP) is 3.99. The number of hydrogen-bond donors (Lipinski definition) is 0. The quantitative estimate of drug-likeness (QED) is 0.791. The van der Waals surface area contributed by atoms with E-state index in [1.165, 1.54) is 12.8 Å². The zero-order valence-corrected chi connectivity index (χ0v) is 14.7. The molecular formula is C22H25NO2. The van der Waals surface area contributed by atoms with Gasteiger partial charge in [0.25, 0.3) is 0 Å². The number of hydrogen-bond acceptors (Lipinski definition) is 3. The molecule has 0 spiro atoms. The second-order valence-electron chi connectivity index (χ2n) is 7.34. The first kappa shape index (κ1) is 16.3. The summed E-state index contributed by atoms with van der Waals surface area (Å²) in [6.45, 7) is 0. The van der Waals surface area contributed by atoms with E-state index < -0.39 is 0 Å². The number of fused-ring (bicyclic) bond motifs is 2. The number of carbonyl (C=O) groups is 1. The molecule has 2 aliphatic rings. The summed E-state index contributed by atoms with van der Waals surface area (Å²) in [7, 11) is 2.21. The average molecular weight is 335 g/mol. The molecule has 25 heavy (non-hydrogen) atoms. The van der Waals surface area contributed by atoms with Crippen LogP contribution in [0.1, 0.15) is 42.7 Å². The minimum atomic E-state index is -0.347. The largest absolute Gasteiger partial charge is 0.462 e. The molecule has 2 saturated heterocycles. The normalized spacial score (nSPS) is 25.9. The third-order valence-corrected chi connectivity index (χ3v) is 5.84. The van der Waals surface area contributed by atoms with Crippen molar-refractivity contribution in [1.29, 1.82) is 0 Å². The molecule has 0 amide bonds. The van der Waals surface area contributed by atoms with Gasteiger partial charge in [-0.3, -0.25) is 4.79 Å². The molecule has 0 unspecified atom stereocenters. The van der Waals surface area contributed by atoms with Crippen molar-refractivity contribution in [2.24, 2.45) is 0 Å². The highest BCUT2D eigenvalue weighted by molar-refractivity contribution is 5.82. The number of piperidine rings is 1. The van der Waals surface area contributed by atoms with E-state index >= 15 is 0 Å². The van der Waals surface area contributed by atoms with Gasteiger partial charge >= 0.3 is 5.97 Å². The van der Waals surface area contributed by atoms with Gasteiger partial charge < -0.3 is 9.64 Å². The second kappa shape index (κ2) is 7.01. The molecule has 0 aliphatic carbocycles. The number of ether oxygens (including phenoxy) is 1. The molecule has 0 N–H and O–H groups in total. The van der Waals surface area contributed by atoms with E-state index in [0.29, 0.717) is 12.1 Å². The Hall–Kier alpha value is -2.13. The molecule has 3 heteroatoms. The molecule has 2 heterocycles. The van der Waals surface area contributed by atoms with E-state index in [0.717, 1.165) is 24.0 Å². The Balaban J connectivity index is 1.55. The zero-order chi connectivity index (χ0) is 17.2. The summed E-state index contributed by atoms with van der Waals surface area (Å²) in [6.07, 6.45) is 4.45. The van der Waals surface area contributed by atoms with Crippen molar-refractivity contribution in [3.63, 3.8) is 0 Å². The van der Waals surface area contributed by atoms with Crippen LogP contribution in [-0.4, -0.2) is 36.1 Å². The molecule has 2 bridgehead atoms. The first-order chi connectivity index (χ1) is 12.2. The highest BCUT2D eigenvalue weighted by atomic mass is 16.5. The maximum Gasteiger partial charge on any atom is 0.318 e. The molecule has 0 radical (unpaired) electrons. The third-order valence-electron chi connectivity index (χ3n) is 5.84. The van der Waals surface area contributed by atoms with Gasteiger partial charge in [-0.15, -0.1) is 0 Å². The summed E-state index contributed by atoms with van der Waals surface area (Å²) in [4.78, 5) is 15.6. The number of rotatable bonds is 4. The standard InChI is InChI=1S/C22H25NO2/c1-23-18-12-13-19(23)15-20(14-18)25-22(24)21(16-8-4-2-5-9-16)17-10-6-3-7-11-17/h2-11,18-21H,12-15H2,1H3/t18-,19-/m1/s1. The molecule has 2 fully saturated rings. The summed E-state index contributed by atoms with van der Waals surface area (Å²) < 4.78 is 6.03. The van der Waals surface area contributed by atoms with E-state index in [1.807, 2.05) is 60.7 Å². The molecular weight excluding hydrogens is 310 g/mol. The van der Waals surface area contributed by atoms with Crippen molar-refractivity contribution < 1.29 is 9.53 Å². The smallest absolute Gasteiger partial charge is 0.318 e. The van der Waals surface area contributed by atoms with Crippen molar-refractivity contribution in [1.82, 2.24) is 4.90 Å². The SMILES string of the molecule is CN1[C@@H]2CC[C@@H]1CC(OC(=O)C(c1ccccc1)c1ccccc1)C2. The van der Waals surface area contributed by atoms with Crippen molar-refractivity contribution in [2.45, 2.75) is 49.8 Å². The Bertz CT molecular complexity index is 662. The van der Waals surface area contributed by atoms with Gasteiger partial charge in [0, 0.05) is 12.1 Å². The van der Waals surface area contributed by atoms with Gasteiger partial charge in [0.05, 0.1) is 0 Å². The van der Waals surface area contributed by atoms with Gasteiger partial charge in [-0.25, -0.2) is 0 Å². The van der Waals surface area contributed by atoms with Gasteiger partial charge in [0.15, 0.2) is 0 Å². The van der Waals surface area contributed by atoms with Crippen LogP contribution in [0.4, 0.5) is 0 Å². The molecule has 2 aliphatic heterocycles. The summed E-state index contributed by atoms with van der Waals surface area (Å²) in [5, 5.41) is 0. The Morgan fingerprint density at radius 1 is 0.920 bits per heavy atom. The second-order valence-corrected chi connectivity index (χ2v) is 7.34. The lowest BCUT2D eigenvalue weighted by Gasteiger charge is -2.36. The third kappa shape index (κ3) is 3.34. The summed E-state index contributed by atoms with van der Waals surface area (Å²) in [5.74, 6) is -0.467. The Morgan fingerprint density at radius 3 is 1.88 bits per heavy atom. The van der Waals surface area contributed by atoms with Crippen molar-refractivity contribution in [3.05, 3.63) is 71.8 Å². The Morgan fingerprint density at radius 2 is 1.40 bits per heavy atom. The van der Waals surface area contributed by atoms with Crippen molar-refractivity contribution >= 4 is 5.97 Å². The molecule has 0 saturated carbocycles. The predicted molar refractivity (Wildman–Crippen MR) is 98.4 cm³/mol. The van der Waals surface area contributed by atoms with E-state index in [2.05, 4.69) is 11.9 Å². The van der Waals surface area contributed by atoms with Crippen LogP contribution in [0.3, 0.4) is 0 Å². The molecule has 3 nitrogen and oxygen atoms in total. The first-order valence-electron chi connectivity index (χ1n) is 9.24. The molecule has 130 valence electrons. The maximum absolute atomic E-state index is 13.1. The summed E-state index contributed by atoms with van der Waals surface area (Å²) >= 11 is 0. The van der Waals surface area contributed by atoms with E-state index in [4.69, 9.17) is 4.74 Å². The van der Waals surface area contributed by atoms with Gasteiger partial charge in [0.1, 0.15) is 12.0 Å². The van der Waals surface area contributed by atoms with Crippen molar-refractivity contribution in [2.75, 3.05) is 7.05 Å². The van der Waals surface area contributed by atoms with Crippen LogP contribution >= 0.6 is 0 Å². The maximum atomic E-state index is 13.1. The minimum Gasteiger partial charge on any atom is -0.462 e. The number of carbonyl (C=O) groups excluding carboxylic acids is 1. The lowest BCUT2D eigenvalue weighted by atomic mass is 9.91. The van der Waals surface area contributed by atoms with Crippen LogP contribution in [0.2, 0.25) is 0 Å². The Labute approximate surface area is 149 Å². The minimum absolute atomic E-state index is 0.0520. The fraction of sp³-hybridized carbons (Fsp3) is 0.409. The average Bonchev–Trinajstić information content (AvgIpc) is 2.84. The van der Waals surface area contributed by atoms with Gasteiger partial charge in [-0.1, -0.05) is 60.7 Å². The zero-order valence-electron chi connectivity index (χ0n) is 14.7. The number of nitrogens with zero attached hydrogens (tertiary/aromatic N) is 1. The molecule has 2 atom stereocenters. The first-order valence-corrected chi connectivity index (χ1v) is 9.24. The van der Waals surface area contributed by atoms with Crippen molar-refractivity contribution in [3.8, 4) is 0 Å². The fourth-order valence-electron chi connectivity index (χ4n) is 4.45. The van der Waals surface area contributed by atoms with E-state index in [1.54, 1.807) is 0 Å². The van der Waals surface area contributed by atoms with Gasteiger partial charge in [0.2, 0.25) is 0 Å².